The molecule has 1 aliphatic rings. The first-order chi connectivity index (χ1) is 5.86. The minimum Gasteiger partial charge on any atom is -0.368 e. The molecular weight excluding hydrogens is 150 g/mol. The van der Waals surface area contributed by atoms with Crippen LogP contribution in [0.25, 0.3) is 0 Å². The maximum absolute atomic E-state index is 5.51. The van der Waals surface area contributed by atoms with E-state index in [2.05, 4.69) is 9.97 Å². The summed E-state index contributed by atoms with van der Waals surface area (Å²) in [5, 5.41) is 0. The molecule has 0 aliphatic heterocycles. The number of fused-ring (bicyclic) bond motifs is 1. The van der Waals surface area contributed by atoms with Gasteiger partial charge in [-0.25, -0.2) is 9.97 Å². The van der Waals surface area contributed by atoms with E-state index in [9.17, 15) is 0 Å². The third-order valence-corrected chi connectivity index (χ3v) is 2.33. The minimum absolute atomic E-state index is 0.413. The van der Waals surface area contributed by atoms with Crippen LogP contribution in [0.1, 0.15) is 30.5 Å². The summed E-state index contributed by atoms with van der Waals surface area (Å²) in [6, 6.07) is 0. The summed E-state index contributed by atoms with van der Waals surface area (Å²) < 4.78 is 0. The fourth-order valence-corrected chi connectivity index (χ4v) is 1.67. The van der Waals surface area contributed by atoms with Crippen molar-refractivity contribution in [3.05, 3.63) is 17.5 Å². The van der Waals surface area contributed by atoms with Gasteiger partial charge in [0.15, 0.2) is 0 Å². The van der Waals surface area contributed by atoms with Gasteiger partial charge in [-0.2, -0.15) is 0 Å². The standard InChI is InChI=1S/C9H13N3/c10-9-11-6-7-4-2-1-3-5-8(7)12-9/h6H,1-5H2,(H2,10,11,12). The summed E-state index contributed by atoms with van der Waals surface area (Å²) >= 11 is 0. The summed E-state index contributed by atoms with van der Waals surface area (Å²) in [5.41, 5.74) is 7.97. The predicted octanol–water partition coefficient (Wildman–Crippen LogP) is 1.33. The van der Waals surface area contributed by atoms with Crippen LogP contribution in [0.4, 0.5) is 5.95 Å². The summed E-state index contributed by atoms with van der Waals surface area (Å²) in [4.78, 5) is 8.24. The van der Waals surface area contributed by atoms with E-state index in [4.69, 9.17) is 5.73 Å². The normalized spacial score (nSPS) is 16.7. The van der Waals surface area contributed by atoms with Crippen molar-refractivity contribution in [3.63, 3.8) is 0 Å². The molecule has 0 aromatic carbocycles. The van der Waals surface area contributed by atoms with Gasteiger partial charge in [-0.05, 0) is 31.2 Å². The lowest BCUT2D eigenvalue weighted by atomic mass is 10.1. The van der Waals surface area contributed by atoms with E-state index in [1.165, 1.54) is 30.5 Å². The molecule has 0 saturated carbocycles. The van der Waals surface area contributed by atoms with Gasteiger partial charge in [-0.15, -0.1) is 0 Å². The third-order valence-electron chi connectivity index (χ3n) is 2.33. The molecule has 1 aromatic heterocycles. The zero-order valence-electron chi connectivity index (χ0n) is 7.08. The van der Waals surface area contributed by atoms with E-state index in [1.807, 2.05) is 6.20 Å². The fourth-order valence-electron chi connectivity index (χ4n) is 1.67. The fraction of sp³-hybridized carbons (Fsp3) is 0.556. The molecule has 2 rings (SSSR count). The predicted molar refractivity (Wildman–Crippen MR) is 47.7 cm³/mol. The van der Waals surface area contributed by atoms with Crippen molar-refractivity contribution in [2.75, 3.05) is 5.73 Å². The molecule has 0 radical (unpaired) electrons. The molecular formula is C9H13N3. The zero-order valence-corrected chi connectivity index (χ0v) is 7.08. The summed E-state index contributed by atoms with van der Waals surface area (Å²) in [6.45, 7) is 0. The Morgan fingerprint density at radius 1 is 1.17 bits per heavy atom. The Kier molecular flexibility index (Phi) is 1.94. The number of anilines is 1. The lowest BCUT2D eigenvalue weighted by Gasteiger charge is -2.02. The first kappa shape index (κ1) is 7.53. The summed E-state index contributed by atoms with van der Waals surface area (Å²) in [5.74, 6) is 0.413. The number of nitrogen functional groups attached to an aromatic ring is 1. The van der Waals surface area contributed by atoms with Crippen LogP contribution in [0.15, 0.2) is 6.20 Å². The molecule has 0 atom stereocenters. The Bertz CT molecular complexity index is 283. The highest BCUT2D eigenvalue weighted by Crippen LogP contribution is 2.18. The Hall–Kier alpha value is -1.12. The number of hydrogen-bond acceptors (Lipinski definition) is 3. The number of aryl methyl sites for hydroxylation is 2. The molecule has 1 aliphatic carbocycles. The highest BCUT2D eigenvalue weighted by atomic mass is 15.0. The smallest absolute Gasteiger partial charge is 0.220 e. The number of nitrogens with zero attached hydrogens (tertiary/aromatic N) is 2. The van der Waals surface area contributed by atoms with Gasteiger partial charge >= 0.3 is 0 Å². The lowest BCUT2D eigenvalue weighted by Crippen LogP contribution is -2.02. The molecule has 3 nitrogen and oxygen atoms in total. The molecule has 0 bridgehead atoms. The van der Waals surface area contributed by atoms with Crippen molar-refractivity contribution < 1.29 is 0 Å². The monoisotopic (exact) mass is 163 g/mol. The van der Waals surface area contributed by atoms with Gasteiger partial charge in [0.25, 0.3) is 0 Å². The highest BCUT2D eigenvalue weighted by molar-refractivity contribution is 5.26. The molecule has 1 aromatic rings. The van der Waals surface area contributed by atoms with Crippen LogP contribution in [0, 0.1) is 0 Å². The van der Waals surface area contributed by atoms with Crippen LogP contribution in [0.5, 0.6) is 0 Å². The summed E-state index contributed by atoms with van der Waals surface area (Å²) in [6.07, 6.45) is 7.88. The Morgan fingerprint density at radius 3 is 2.92 bits per heavy atom. The van der Waals surface area contributed by atoms with E-state index >= 15 is 0 Å². The number of nitrogens with two attached hydrogens (primary N) is 1. The van der Waals surface area contributed by atoms with Crippen molar-refractivity contribution in [3.8, 4) is 0 Å². The largest absolute Gasteiger partial charge is 0.368 e. The van der Waals surface area contributed by atoms with Crippen LogP contribution in [0.2, 0.25) is 0 Å². The van der Waals surface area contributed by atoms with Crippen molar-refractivity contribution in [1.29, 1.82) is 0 Å². The van der Waals surface area contributed by atoms with Gasteiger partial charge in [0.2, 0.25) is 5.95 Å². The van der Waals surface area contributed by atoms with Crippen LogP contribution in [-0.2, 0) is 12.8 Å². The Balaban J connectivity index is 2.36. The molecule has 3 heteroatoms. The van der Waals surface area contributed by atoms with Crippen molar-refractivity contribution >= 4 is 5.95 Å². The van der Waals surface area contributed by atoms with Crippen molar-refractivity contribution in [1.82, 2.24) is 9.97 Å². The van der Waals surface area contributed by atoms with Gasteiger partial charge in [0, 0.05) is 11.9 Å². The van der Waals surface area contributed by atoms with Gasteiger partial charge in [0.1, 0.15) is 0 Å². The molecule has 0 spiro atoms. The van der Waals surface area contributed by atoms with Crippen LogP contribution in [0.3, 0.4) is 0 Å². The van der Waals surface area contributed by atoms with Crippen LogP contribution < -0.4 is 5.73 Å². The van der Waals surface area contributed by atoms with Gasteiger partial charge < -0.3 is 5.73 Å². The van der Waals surface area contributed by atoms with Crippen molar-refractivity contribution in [2.24, 2.45) is 0 Å². The second-order valence-corrected chi connectivity index (χ2v) is 3.26. The van der Waals surface area contributed by atoms with E-state index < -0.39 is 0 Å². The maximum atomic E-state index is 5.51. The molecule has 0 amide bonds. The molecule has 1 heterocycles. The first-order valence-corrected chi connectivity index (χ1v) is 4.46. The Labute approximate surface area is 72.0 Å². The number of aromatic nitrogens is 2. The van der Waals surface area contributed by atoms with Crippen molar-refractivity contribution in [2.45, 2.75) is 32.1 Å². The zero-order chi connectivity index (χ0) is 8.39. The third kappa shape index (κ3) is 1.40. The van der Waals surface area contributed by atoms with E-state index in [1.54, 1.807) is 0 Å². The molecule has 0 saturated heterocycles. The molecule has 64 valence electrons. The first-order valence-electron chi connectivity index (χ1n) is 4.46. The average Bonchev–Trinajstić information content (AvgIpc) is 2.28. The molecule has 0 fully saturated rings. The number of rotatable bonds is 0. The second kappa shape index (κ2) is 3.09. The van der Waals surface area contributed by atoms with E-state index in [0.717, 1.165) is 12.8 Å². The van der Waals surface area contributed by atoms with Gasteiger partial charge in [0.05, 0.1) is 0 Å². The van der Waals surface area contributed by atoms with Crippen LogP contribution >= 0.6 is 0 Å². The SMILES string of the molecule is Nc1ncc2c(n1)CCCCC2. The molecule has 12 heavy (non-hydrogen) atoms. The van der Waals surface area contributed by atoms with Gasteiger partial charge in [-0.1, -0.05) is 6.42 Å². The molecule has 0 unspecified atom stereocenters. The number of hydrogen-bond donors (Lipinski definition) is 1. The summed E-state index contributed by atoms with van der Waals surface area (Å²) in [7, 11) is 0. The maximum Gasteiger partial charge on any atom is 0.220 e. The van der Waals surface area contributed by atoms with Crippen LogP contribution in [-0.4, -0.2) is 9.97 Å². The quantitative estimate of drug-likeness (QED) is 0.587. The average molecular weight is 163 g/mol. The van der Waals surface area contributed by atoms with Gasteiger partial charge in [-0.3, -0.25) is 0 Å². The Morgan fingerprint density at radius 2 is 2.00 bits per heavy atom. The lowest BCUT2D eigenvalue weighted by molar-refractivity contribution is 0.709. The van der Waals surface area contributed by atoms with E-state index in [0.29, 0.717) is 5.95 Å². The topological polar surface area (TPSA) is 51.8 Å². The molecule has 2 N–H and O–H groups in total. The highest BCUT2D eigenvalue weighted by Gasteiger charge is 2.09. The minimum atomic E-state index is 0.413. The van der Waals surface area contributed by atoms with E-state index in [-0.39, 0.29) is 0 Å². The second-order valence-electron chi connectivity index (χ2n) is 3.26.